The third-order valence-electron chi connectivity index (χ3n) is 4.06. The lowest BCUT2D eigenvalue weighted by atomic mass is 10.1. The van der Waals surface area contributed by atoms with Gasteiger partial charge in [-0.15, -0.1) is 0 Å². The highest BCUT2D eigenvalue weighted by molar-refractivity contribution is 7.71. The van der Waals surface area contributed by atoms with Crippen molar-refractivity contribution in [2.75, 3.05) is 0 Å². The summed E-state index contributed by atoms with van der Waals surface area (Å²) >= 11 is 5.24. The molecule has 0 atom stereocenters. The molecule has 0 unspecified atom stereocenters. The zero-order chi connectivity index (χ0) is 20.1. The zero-order valence-electron chi connectivity index (χ0n) is 15.0. The summed E-state index contributed by atoms with van der Waals surface area (Å²) in [5.74, 6) is -1.22. The van der Waals surface area contributed by atoms with Crippen LogP contribution in [0.25, 0.3) is 11.4 Å². The Bertz CT molecular complexity index is 1060. The van der Waals surface area contributed by atoms with Crippen LogP contribution in [-0.4, -0.2) is 26.6 Å². The number of rotatable bonds is 5. The van der Waals surface area contributed by atoms with Crippen molar-refractivity contribution in [3.05, 3.63) is 70.2 Å². The SMILES string of the molecule is Cc1ccc(-c2n[nH]c(=S)n2CCC(=O)NNC(=O)c2ccccc2F)cc1. The number of hydrogen-bond donors (Lipinski definition) is 3. The monoisotopic (exact) mass is 399 g/mol. The first kappa shape index (κ1) is 19.4. The first-order chi connectivity index (χ1) is 13.5. The third kappa shape index (κ3) is 4.49. The van der Waals surface area contributed by atoms with Gasteiger partial charge in [0.15, 0.2) is 10.6 Å². The quantitative estimate of drug-likeness (QED) is 0.454. The predicted molar refractivity (Wildman–Crippen MR) is 104 cm³/mol. The van der Waals surface area contributed by atoms with Gasteiger partial charge in [-0.2, -0.15) is 5.10 Å². The van der Waals surface area contributed by atoms with E-state index in [-0.39, 0.29) is 18.5 Å². The molecule has 144 valence electrons. The summed E-state index contributed by atoms with van der Waals surface area (Å²) in [4.78, 5) is 24.0. The van der Waals surface area contributed by atoms with E-state index >= 15 is 0 Å². The standard InChI is InChI=1S/C19H18FN5O2S/c1-12-6-8-13(9-7-12)17-22-24-19(28)25(17)11-10-16(26)21-23-18(27)14-4-2-3-5-15(14)20/h2-9H,10-11H2,1H3,(H,21,26)(H,23,27)(H,24,28). The van der Waals surface area contributed by atoms with Crippen molar-refractivity contribution in [3.8, 4) is 11.4 Å². The maximum atomic E-state index is 13.6. The van der Waals surface area contributed by atoms with Gasteiger partial charge in [-0.05, 0) is 31.3 Å². The minimum atomic E-state index is -0.730. The van der Waals surface area contributed by atoms with Crippen LogP contribution in [0.2, 0.25) is 0 Å². The molecular weight excluding hydrogens is 381 g/mol. The number of amides is 2. The lowest BCUT2D eigenvalue weighted by Gasteiger charge is -2.09. The van der Waals surface area contributed by atoms with Crippen molar-refractivity contribution >= 4 is 24.0 Å². The lowest BCUT2D eigenvalue weighted by Crippen LogP contribution is -2.42. The fourth-order valence-electron chi connectivity index (χ4n) is 2.56. The number of benzene rings is 2. The van der Waals surface area contributed by atoms with E-state index in [1.807, 2.05) is 31.2 Å². The number of aromatic nitrogens is 3. The second-order valence-corrected chi connectivity index (χ2v) is 6.49. The fraction of sp³-hybridized carbons (Fsp3) is 0.158. The van der Waals surface area contributed by atoms with Gasteiger partial charge < -0.3 is 0 Å². The number of aromatic amines is 1. The van der Waals surface area contributed by atoms with Crippen molar-refractivity contribution < 1.29 is 14.0 Å². The van der Waals surface area contributed by atoms with E-state index in [2.05, 4.69) is 21.0 Å². The molecule has 2 aromatic carbocycles. The second kappa shape index (κ2) is 8.57. The van der Waals surface area contributed by atoms with Crippen molar-refractivity contribution in [2.45, 2.75) is 19.9 Å². The molecule has 9 heteroatoms. The van der Waals surface area contributed by atoms with Crippen molar-refractivity contribution in [1.82, 2.24) is 25.6 Å². The van der Waals surface area contributed by atoms with Crippen molar-refractivity contribution in [3.63, 3.8) is 0 Å². The van der Waals surface area contributed by atoms with Crippen LogP contribution < -0.4 is 10.9 Å². The summed E-state index contributed by atoms with van der Waals surface area (Å²) in [5, 5.41) is 6.94. The Morgan fingerprint density at radius 1 is 1.14 bits per heavy atom. The number of hydrazine groups is 1. The van der Waals surface area contributed by atoms with Crippen molar-refractivity contribution in [1.29, 1.82) is 0 Å². The number of halogens is 1. The van der Waals surface area contributed by atoms with Crippen LogP contribution in [0.1, 0.15) is 22.3 Å². The number of aryl methyl sites for hydroxylation is 1. The van der Waals surface area contributed by atoms with Gasteiger partial charge in [-0.3, -0.25) is 30.1 Å². The van der Waals surface area contributed by atoms with Gasteiger partial charge in [0, 0.05) is 18.5 Å². The molecule has 7 nitrogen and oxygen atoms in total. The van der Waals surface area contributed by atoms with Crippen LogP contribution in [0.4, 0.5) is 4.39 Å². The van der Waals surface area contributed by atoms with Gasteiger partial charge >= 0.3 is 0 Å². The summed E-state index contributed by atoms with van der Waals surface area (Å²) in [5.41, 5.74) is 6.31. The molecule has 0 saturated carbocycles. The molecule has 3 aromatic rings. The number of H-pyrrole nitrogens is 1. The van der Waals surface area contributed by atoms with Crippen LogP contribution in [0.15, 0.2) is 48.5 Å². The van der Waals surface area contributed by atoms with Gasteiger partial charge in [0.25, 0.3) is 5.91 Å². The molecule has 0 radical (unpaired) electrons. The molecule has 3 N–H and O–H groups in total. The fourth-order valence-corrected chi connectivity index (χ4v) is 2.79. The number of carbonyl (C=O) groups excluding carboxylic acids is 2. The number of carbonyl (C=O) groups is 2. The normalized spacial score (nSPS) is 10.5. The molecule has 0 bridgehead atoms. The number of hydrogen-bond acceptors (Lipinski definition) is 4. The van der Waals surface area contributed by atoms with E-state index in [1.165, 1.54) is 24.3 Å². The molecule has 28 heavy (non-hydrogen) atoms. The van der Waals surface area contributed by atoms with Gasteiger partial charge in [-0.1, -0.05) is 42.0 Å². The molecule has 0 aliphatic carbocycles. The average Bonchev–Trinajstić information content (AvgIpc) is 3.06. The molecule has 0 spiro atoms. The van der Waals surface area contributed by atoms with Crippen LogP contribution in [-0.2, 0) is 11.3 Å². The predicted octanol–water partition coefficient (Wildman–Crippen LogP) is 2.91. The van der Waals surface area contributed by atoms with Gasteiger partial charge in [0.05, 0.1) is 5.56 Å². The van der Waals surface area contributed by atoms with Crippen LogP contribution in [0, 0.1) is 17.5 Å². The molecule has 1 aromatic heterocycles. The third-order valence-corrected chi connectivity index (χ3v) is 4.38. The molecule has 0 aliphatic heterocycles. The summed E-state index contributed by atoms with van der Waals surface area (Å²) in [6, 6.07) is 13.3. The van der Waals surface area contributed by atoms with Crippen LogP contribution in [0.5, 0.6) is 0 Å². The Morgan fingerprint density at radius 3 is 2.57 bits per heavy atom. The maximum absolute atomic E-state index is 13.6. The van der Waals surface area contributed by atoms with Crippen LogP contribution >= 0.6 is 12.2 Å². The summed E-state index contributed by atoms with van der Waals surface area (Å²) in [6.45, 7) is 2.25. The Morgan fingerprint density at radius 2 is 1.86 bits per heavy atom. The van der Waals surface area contributed by atoms with E-state index in [9.17, 15) is 14.0 Å². The van der Waals surface area contributed by atoms with Gasteiger partial charge in [0.1, 0.15) is 5.82 Å². The minimum absolute atomic E-state index is 0.0459. The molecule has 0 fully saturated rings. The average molecular weight is 399 g/mol. The first-order valence-electron chi connectivity index (χ1n) is 8.51. The highest BCUT2D eigenvalue weighted by Gasteiger charge is 2.13. The topological polar surface area (TPSA) is 91.8 Å². The molecule has 1 heterocycles. The summed E-state index contributed by atoms with van der Waals surface area (Å²) in [6.07, 6.45) is 0.0459. The molecule has 0 saturated heterocycles. The Balaban J connectivity index is 1.60. The summed E-state index contributed by atoms with van der Waals surface area (Å²) in [7, 11) is 0. The van der Waals surface area contributed by atoms with E-state index in [0.29, 0.717) is 10.6 Å². The minimum Gasteiger partial charge on any atom is -0.300 e. The first-order valence-corrected chi connectivity index (χ1v) is 8.92. The zero-order valence-corrected chi connectivity index (χ0v) is 15.8. The number of nitrogens with one attached hydrogen (secondary N) is 3. The van der Waals surface area contributed by atoms with Crippen LogP contribution in [0.3, 0.4) is 0 Å². The molecule has 0 aliphatic rings. The van der Waals surface area contributed by atoms with Gasteiger partial charge in [-0.25, -0.2) is 4.39 Å². The smallest absolute Gasteiger partial charge is 0.272 e. The highest BCUT2D eigenvalue weighted by Crippen LogP contribution is 2.18. The lowest BCUT2D eigenvalue weighted by molar-refractivity contribution is -0.122. The van der Waals surface area contributed by atoms with E-state index in [1.54, 1.807) is 4.57 Å². The van der Waals surface area contributed by atoms with E-state index in [0.717, 1.165) is 11.1 Å². The molecule has 2 amide bonds. The van der Waals surface area contributed by atoms with E-state index < -0.39 is 17.6 Å². The maximum Gasteiger partial charge on any atom is 0.272 e. The largest absolute Gasteiger partial charge is 0.300 e. The molecular formula is C19H18FN5O2S. The number of nitrogens with zero attached hydrogens (tertiary/aromatic N) is 2. The van der Waals surface area contributed by atoms with Crippen molar-refractivity contribution in [2.24, 2.45) is 0 Å². The molecule has 3 rings (SSSR count). The Labute approximate surface area is 165 Å². The van der Waals surface area contributed by atoms with E-state index in [4.69, 9.17) is 12.2 Å². The Kier molecular flexibility index (Phi) is 5.95. The Hall–Kier alpha value is -3.33. The highest BCUT2D eigenvalue weighted by atomic mass is 32.1. The summed E-state index contributed by atoms with van der Waals surface area (Å²) < 4.78 is 15.7. The second-order valence-electron chi connectivity index (χ2n) is 6.10. The van der Waals surface area contributed by atoms with Gasteiger partial charge in [0.2, 0.25) is 5.91 Å².